The number of nitrogens with one attached hydrogen (secondary N) is 3. The number of sulfone groups is 1. The number of hydrogen-bond acceptors (Lipinski definition) is 8. The van der Waals surface area contributed by atoms with Crippen LogP contribution in [0.1, 0.15) is 21.5 Å². The van der Waals surface area contributed by atoms with Gasteiger partial charge >= 0.3 is 6.03 Å². The van der Waals surface area contributed by atoms with Crippen LogP contribution in [0.25, 0.3) is 0 Å². The maximum atomic E-state index is 13.3. The van der Waals surface area contributed by atoms with Crippen molar-refractivity contribution in [3.8, 4) is 0 Å². The average Bonchev–Trinajstić information content (AvgIpc) is 3.43. The topological polar surface area (TPSA) is 141 Å². The minimum absolute atomic E-state index is 0.0512. The Morgan fingerprint density at radius 2 is 1.82 bits per heavy atom. The van der Waals surface area contributed by atoms with Crippen molar-refractivity contribution < 1.29 is 22.8 Å². The minimum atomic E-state index is -3.29. The molecular formula is C28H28N6O5S. The quantitative estimate of drug-likeness (QED) is 0.381. The number of amides is 4. The number of nitrogens with zero attached hydrogens (tertiary/aromatic N) is 3. The van der Waals surface area contributed by atoms with Gasteiger partial charge in [0.2, 0.25) is 0 Å². The summed E-state index contributed by atoms with van der Waals surface area (Å²) >= 11 is 0. The van der Waals surface area contributed by atoms with Gasteiger partial charge in [-0.1, -0.05) is 30.3 Å². The van der Waals surface area contributed by atoms with Gasteiger partial charge in [-0.05, 0) is 41.5 Å². The molecule has 3 aromatic rings. The van der Waals surface area contributed by atoms with Gasteiger partial charge in [0.15, 0.2) is 15.4 Å². The number of anilines is 1. The lowest BCUT2D eigenvalue weighted by Crippen LogP contribution is -2.62. The molecule has 0 bridgehead atoms. The number of hydrogen-bond donors (Lipinski definition) is 3. The van der Waals surface area contributed by atoms with Crippen molar-refractivity contribution in [2.45, 2.75) is 29.6 Å². The van der Waals surface area contributed by atoms with Crippen LogP contribution < -0.4 is 20.9 Å². The molecule has 3 N–H and O–H groups in total. The van der Waals surface area contributed by atoms with E-state index < -0.39 is 33.4 Å². The number of imide groups is 1. The van der Waals surface area contributed by atoms with Gasteiger partial charge in [-0.25, -0.2) is 13.2 Å². The van der Waals surface area contributed by atoms with Crippen molar-refractivity contribution in [2.24, 2.45) is 0 Å². The predicted molar refractivity (Wildman–Crippen MR) is 146 cm³/mol. The summed E-state index contributed by atoms with van der Waals surface area (Å²) in [6, 6.07) is 16.6. The molecule has 4 amide bonds. The lowest BCUT2D eigenvalue weighted by atomic mass is 9.93. The Balaban J connectivity index is 1.16. The molecule has 1 spiro atoms. The van der Waals surface area contributed by atoms with Crippen LogP contribution in [0.4, 0.5) is 10.5 Å². The van der Waals surface area contributed by atoms with Gasteiger partial charge in [-0.15, -0.1) is 0 Å². The largest absolute Gasteiger partial charge is 0.365 e. The third-order valence-corrected chi connectivity index (χ3v) is 9.41. The summed E-state index contributed by atoms with van der Waals surface area (Å²) in [5.41, 5.74) is 1.70. The summed E-state index contributed by atoms with van der Waals surface area (Å²) in [7, 11) is -3.29. The standard InChI is InChI=1S/C28H28N6O5S/c35-25(21-9-7-19(8-10-21)16-34-12-13-40(38,39)23-6-2-1-5-22(23)34)30-24-17-33(15-20-4-3-11-29-14-20)18-28(24)26(36)31-27(37)32-28/h1-11,14,24H,12-13,15-18H2,(H,30,35)(H2,31,32,36,37)/t24-,28+/m1/s1. The van der Waals surface area contributed by atoms with Crippen molar-refractivity contribution in [2.75, 3.05) is 30.3 Å². The second-order valence-electron chi connectivity index (χ2n) is 10.3. The van der Waals surface area contributed by atoms with Crippen LogP contribution in [0.5, 0.6) is 0 Å². The predicted octanol–water partition coefficient (Wildman–Crippen LogP) is 1.07. The van der Waals surface area contributed by atoms with E-state index in [0.717, 1.165) is 11.1 Å². The van der Waals surface area contributed by atoms with E-state index in [1.54, 1.807) is 42.7 Å². The van der Waals surface area contributed by atoms with E-state index in [2.05, 4.69) is 20.9 Å². The molecule has 11 nitrogen and oxygen atoms in total. The fourth-order valence-corrected chi connectivity index (χ4v) is 7.15. The number of para-hydroxylation sites is 1. The third kappa shape index (κ3) is 4.80. The molecule has 2 saturated heterocycles. The Bertz CT molecular complexity index is 1580. The van der Waals surface area contributed by atoms with Gasteiger partial charge in [0.25, 0.3) is 11.8 Å². The van der Waals surface area contributed by atoms with E-state index in [-0.39, 0.29) is 18.2 Å². The molecule has 40 heavy (non-hydrogen) atoms. The summed E-state index contributed by atoms with van der Waals surface area (Å²) in [5.74, 6) is -0.770. The van der Waals surface area contributed by atoms with Gasteiger partial charge in [-0.3, -0.25) is 24.8 Å². The van der Waals surface area contributed by atoms with E-state index in [4.69, 9.17) is 0 Å². The number of fused-ring (bicyclic) bond motifs is 1. The first-order valence-electron chi connectivity index (χ1n) is 12.9. The number of urea groups is 1. The fourth-order valence-electron chi connectivity index (χ4n) is 5.67. The van der Waals surface area contributed by atoms with Crippen LogP contribution in [0.2, 0.25) is 0 Å². The number of carbonyl (C=O) groups excluding carboxylic acids is 3. The minimum Gasteiger partial charge on any atom is -0.365 e. The van der Waals surface area contributed by atoms with Crippen LogP contribution in [0.15, 0.2) is 78.0 Å². The zero-order chi connectivity index (χ0) is 27.9. The van der Waals surface area contributed by atoms with Crippen molar-refractivity contribution in [3.05, 3.63) is 89.7 Å². The number of benzene rings is 2. The molecule has 3 aliphatic heterocycles. The highest BCUT2D eigenvalue weighted by Crippen LogP contribution is 2.31. The fraction of sp³-hybridized carbons (Fsp3) is 0.286. The van der Waals surface area contributed by atoms with Gasteiger partial charge in [-0.2, -0.15) is 0 Å². The van der Waals surface area contributed by atoms with Crippen LogP contribution in [0, 0.1) is 0 Å². The third-order valence-electron chi connectivity index (χ3n) is 7.67. The van der Waals surface area contributed by atoms with Gasteiger partial charge in [0.1, 0.15) is 0 Å². The molecule has 3 aliphatic rings. The van der Waals surface area contributed by atoms with Crippen LogP contribution in [-0.2, 0) is 27.7 Å². The monoisotopic (exact) mass is 560 g/mol. The van der Waals surface area contributed by atoms with E-state index in [1.165, 1.54) is 0 Å². The maximum absolute atomic E-state index is 13.3. The number of aromatic nitrogens is 1. The highest BCUT2D eigenvalue weighted by molar-refractivity contribution is 7.91. The first kappa shape index (κ1) is 26.0. The molecule has 1 aromatic heterocycles. The van der Waals surface area contributed by atoms with Crippen LogP contribution >= 0.6 is 0 Å². The Morgan fingerprint density at radius 3 is 2.55 bits per heavy atom. The zero-order valence-corrected chi connectivity index (χ0v) is 22.4. The summed E-state index contributed by atoms with van der Waals surface area (Å²) < 4.78 is 24.9. The molecule has 12 heteroatoms. The van der Waals surface area contributed by atoms with Gasteiger partial charge < -0.3 is 15.5 Å². The second kappa shape index (κ2) is 10.0. The number of likely N-dealkylation sites (tertiary alicyclic amines) is 1. The molecular weight excluding hydrogens is 532 g/mol. The molecule has 6 rings (SSSR count). The average molecular weight is 561 g/mol. The normalized spacial score (nSPS) is 23.5. The molecule has 4 heterocycles. The molecule has 0 aliphatic carbocycles. The summed E-state index contributed by atoms with van der Waals surface area (Å²) in [4.78, 5) is 46.7. The molecule has 2 atom stereocenters. The first-order chi connectivity index (χ1) is 19.2. The summed E-state index contributed by atoms with van der Waals surface area (Å²) in [6.45, 7) is 2.01. The second-order valence-corrected chi connectivity index (χ2v) is 12.4. The number of carbonyl (C=O) groups is 3. The highest BCUT2D eigenvalue weighted by Gasteiger charge is 2.57. The van der Waals surface area contributed by atoms with Gasteiger partial charge in [0, 0.05) is 50.7 Å². The molecule has 206 valence electrons. The zero-order valence-electron chi connectivity index (χ0n) is 21.5. The van der Waals surface area contributed by atoms with Crippen molar-refractivity contribution in [1.82, 2.24) is 25.8 Å². The Hall–Kier alpha value is -4.29. The van der Waals surface area contributed by atoms with E-state index in [0.29, 0.717) is 42.3 Å². The molecule has 2 fully saturated rings. The molecule has 2 aromatic carbocycles. The lowest BCUT2D eigenvalue weighted by Gasteiger charge is -2.31. The maximum Gasteiger partial charge on any atom is 0.322 e. The number of pyridine rings is 1. The number of rotatable bonds is 6. The van der Waals surface area contributed by atoms with Crippen molar-refractivity contribution in [3.63, 3.8) is 0 Å². The highest BCUT2D eigenvalue weighted by atomic mass is 32.2. The molecule has 0 saturated carbocycles. The summed E-state index contributed by atoms with van der Waals surface area (Å²) in [5, 5.41) is 8.03. The van der Waals surface area contributed by atoms with Crippen molar-refractivity contribution >= 4 is 33.4 Å². The SMILES string of the molecule is O=C1NC(=O)[C@@]2(CN(Cc3cccnc3)C[C@H]2NC(=O)c2ccc(CN3CCS(=O)(=O)c4ccccc43)cc2)N1. The van der Waals surface area contributed by atoms with Crippen LogP contribution in [0.3, 0.4) is 0 Å². The first-order valence-corrected chi connectivity index (χ1v) is 14.6. The van der Waals surface area contributed by atoms with E-state index >= 15 is 0 Å². The molecule has 0 unspecified atom stereocenters. The van der Waals surface area contributed by atoms with E-state index in [9.17, 15) is 22.8 Å². The Labute approximate surface area is 231 Å². The smallest absolute Gasteiger partial charge is 0.322 e. The van der Waals surface area contributed by atoms with Crippen molar-refractivity contribution in [1.29, 1.82) is 0 Å². The van der Waals surface area contributed by atoms with E-state index in [1.807, 2.05) is 40.1 Å². The Morgan fingerprint density at radius 1 is 1.02 bits per heavy atom. The molecule has 0 radical (unpaired) electrons. The lowest BCUT2D eigenvalue weighted by molar-refractivity contribution is -0.124. The Kier molecular flexibility index (Phi) is 6.51. The van der Waals surface area contributed by atoms with Crippen LogP contribution in [-0.4, -0.2) is 73.1 Å². The summed E-state index contributed by atoms with van der Waals surface area (Å²) in [6.07, 6.45) is 3.43. The van der Waals surface area contributed by atoms with Gasteiger partial charge in [0.05, 0.1) is 22.4 Å².